The summed E-state index contributed by atoms with van der Waals surface area (Å²) in [4.78, 5) is 42.9. The highest BCUT2D eigenvalue weighted by molar-refractivity contribution is 6.07. The molecule has 0 unspecified atom stereocenters. The van der Waals surface area contributed by atoms with Gasteiger partial charge in [-0.2, -0.15) is 0 Å². The monoisotopic (exact) mass is 357 g/mol. The molecule has 1 saturated heterocycles. The quantitative estimate of drug-likeness (QED) is 0.751. The van der Waals surface area contributed by atoms with Crippen molar-refractivity contribution >= 4 is 17.7 Å². The lowest BCUT2D eigenvalue weighted by Gasteiger charge is -2.36. The van der Waals surface area contributed by atoms with E-state index in [1.807, 2.05) is 37.3 Å². The summed E-state index contributed by atoms with van der Waals surface area (Å²) >= 11 is 0. The van der Waals surface area contributed by atoms with Crippen LogP contribution in [-0.4, -0.2) is 65.1 Å². The lowest BCUT2D eigenvalue weighted by molar-refractivity contribution is -0.152. The molecule has 3 amide bonds. The fourth-order valence-corrected chi connectivity index (χ4v) is 3.60. The Kier molecular flexibility index (Phi) is 5.30. The van der Waals surface area contributed by atoms with Crippen molar-refractivity contribution in [2.24, 2.45) is 5.41 Å². The predicted molar refractivity (Wildman–Crippen MR) is 98.0 cm³/mol. The molecule has 0 N–H and O–H groups in total. The molecule has 3 rings (SSSR count). The minimum absolute atomic E-state index is 0.0364. The lowest BCUT2D eigenvalue weighted by atomic mass is 10.0. The first-order valence-electron chi connectivity index (χ1n) is 9.36. The first kappa shape index (κ1) is 18.4. The van der Waals surface area contributed by atoms with Gasteiger partial charge in [0.2, 0.25) is 17.7 Å². The van der Waals surface area contributed by atoms with Crippen LogP contribution >= 0.6 is 0 Å². The Balaban J connectivity index is 1.66. The second kappa shape index (κ2) is 7.48. The van der Waals surface area contributed by atoms with E-state index in [-0.39, 0.29) is 17.7 Å². The zero-order valence-corrected chi connectivity index (χ0v) is 15.6. The molecule has 1 aromatic rings. The summed E-state index contributed by atoms with van der Waals surface area (Å²) in [5.41, 5.74) is 0.199. The number of hydrogen-bond acceptors (Lipinski definition) is 3. The van der Waals surface area contributed by atoms with Gasteiger partial charge in [0.25, 0.3) is 0 Å². The van der Waals surface area contributed by atoms with Gasteiger partial charge in [0.1, 0.15) is 5.41 Å². The van der Waals surface area contributed by atoms with Crippen molar-refractivity contribution in [3.05, 3.63) is 35.9 Å². The van der Waals surface area contributed by atoms with Crippen LogP contribution < -0.4 is 0 Å². The summed E-state index contributed by atoms with van der Waals surface area (Å²) in [7, 11) is 0. The average molecular weight is 357 g/mol. The minimum atomic E-state index is -0.872. The Labute approximate surface area is 154 Å². The number of carbonyl (C=O) groups is 3. The van der Waals surface area contributed by atoms with Crippen molar-refractivity contribution in [1.82, 2.24) is 14.7 Å². The molecule has 1 saturated carbocycles. The second-order valence-electron chi connectivity index (χ2n) is 7.19. The highest BCUT2D eigenvalue weighted by atomic mass is 16.2. The van der Waals surface area contributed by atoms with Crippen LogP contribution in [0.4, 0.5) is 0 Å². The van der Waals surface area contributed by atoms with E-state index in [0.29, 0.717) is 52.1 Å². The minimum Gasteiger partial charge on any atom is -0.339 e. The number of carbonyl (C=O) groups excluding carboxylic acids is 3. The van der Waals surface area contributed by atoms with Gasteiger partial charge in [-0.05, 0) is 25.3 Å². The molecule has 26 heavy (non-hydrogen) atoms. The van der Waals surface area contributed by atoms with Crippen LogP contribution in [0.5, 0.6) is 0 Å². The van der Waals surface area contributed by atoms with Gasteiger partial charge in [-0.25, -0.2) is 0 Å². The SMILES string of the molecule is CCN(Cc1ccccc1)C(=O)C1(C(=O)N2CCN(C(C)=O)CC2)CC1. The number of piperazine rings is 1. The molecule has 6 nitrogen and oxygen atoms in total. The molecule has 1 aliphatic heterocycles. The summed E-state index contributed by atoms with van der Waals surface area (Å²) in [5.74, 6) is -0.0746. The first-order chi connectivity index (χ1) is 12.5. The van der Waals surface area contributed by atoms with Gasteiger partial charge in [0.05, 0.1) is 0 Å². The van der Waals surface area contributed by atoms with Crippen molar-refractivity contribution in [1.29, 1.82) is 0 Å². The second-order valence-corrected chi connectivity index (χ2v) is 7.19. The van der Waals surface area contributed by atoms with E-state index in [2.05, 4.69) is 0 Å². The van der Waals surface area contributed by atoms with Crippen LogP contribution in [0, 0.1) is 5.41 Å². The van der Waals surface area contributed by atoms with Gasteiger partial charge in [0.15, 0.2) is 0 Å². The molecular formula is C20H27N3O3. The summed E-state index contributed by atoms with van der Waals surface area (Å²) in [6, 6.07) is 9.87. The molecule has 140 valence electrons. The van der Waals surface area contributed by atoms with E-state index >= 15 is 0 Å². The molecule has 0 radical (unpaired) electrons. The maximum absolute atomic E-state index is 13.1. The van der Waals surface area contributed by atoms with Crippen molar-refractivity contribution in [3.63, 3.8) is 0 Å². The highest BCUT2D eigenvalue weighted by Gasteiger charge is 2.59. The Bertz CT molecular complexity index is 677. The van der Waals surface area contributed by atoms with E-state index in [0.717, 1.165) is 5.56 Å². The molecule has 1 aliphatic carbocycles. The number of benzene rings is 1. The average Bonchev–Trinajstić information content (AvgIpc) is 3.48. The van der Waals surface area contributed by atoms with E-state index < -0.39 is 5.41 Å². The standard InChI is InChI=1S/C20H27N3O3/c1-3-21(15-17-7-5-4-6-8-17)18(25)20(9-10-20)19(26)23-13-11-22(12-14-23)16(2)24/h4-8H,3,9-15H2,1-2H3. The number of rotatable bonds is 5. The van der Waals surface area contributed by atoms with Gasteiger partial charge in [-0.15, -0.1) is 0 Å². The van der Waals surface area contributed by atoms with Crippen molar-refractivity contribution in [2.75, 3.05) is 32.7 Å². The fourth-order valence-electron chi connectivity index (χ4n) is 3.60. The summed E-state index contributed by atoms with van der Waals surface area (Å²) < 4.78 is 0. The van der Waals surface area contributed by atoms with E-state index in [1.54, 1.807) is 21.6 Å². The molecule has 1 heterocycles. The zero-order chi connectivity index (χ0) is 18.7. The van der Waals surface area contributed by atoms with Crippen LogP contribution in [0.25, 0.3) is 0 Å². The molecule has 0 aromatic heterocycles. The van der Waals surface area contributed by atoms with Gasteiger partial charge >= 0.3 is 0 Å². The molecule has 6 heteroatoms. The Morgan fingerprint density at radius 2 is 1.58 bits per heavy atom. The summed E-state index contributed by atoms with van der Waals surface area (Å²) in [6.45, 7) is 6.74. The third-order valence-corrected chi connectivity index (χ3v) is 5.47. The zero-order valence-electron chi connectivity index (χ0n) is 15.6. The summed E-state index contributed by atoms with van der Waals surface area (Å²) in [5, 5.41) is 0. The third-order valence-electron chi connectivity index (χ3n) is 5.47. The molecule has 0 spiro atoms. The van der Waals surface area contributed by atoms with Crippen molar-refractivity contribution in [3.8, 4) is 0 Å². The molecule has 1 aromatic carbocycles. The topological polar surface area (TPSA) is 60.9 Å². The van der Waals surface area contributed by atoms with E-state index in [9.17, 15) is 14.4 Å². The van der Waals surface area contributed by atoms with Gasteiger partial charge < -0.3 is 14.7 Å². The van der Waals surface area contributed by atoms with Crippen LogP contribution in [0.3, 0.4) is 0 Å². The molecular weight excluding hydrogens is 330 g/mol. The summed E-state index contributed by atoms with van der Waals surface area (Å²) in [6.07, 6.45) is 1.26. The van der Waals surface area contributed by atoms with Crippen molar-refractivity contribution in [2.45, 2.75) is 33.2 Å². The maximum atomic E-state index is 13.1. The first-order valence-corrected chi connectivity index (χ1v) is 9.36. The lowest BCUT2D eigenvalue weighted by Crippen LogP contribution is -2.54. The van der Waals surface area contributed by atoms with E-state index in [1.165, 1.54) is 0 Å². The number of nitrogens with zero attached hydrogens (tertiary/aromatic N) is 3. The third kappa shape index (κ3) is 3.59. The van der Waals surface area contributed by atoms with Crippen molar-refractivity contribution < 1.29 is 14.4 Å². The fraction of sp³-hybridized carbons (Fsp3) is 0.550. The van der Waals surface area contributed by atoms with Crippen LogP contribution in [0.2, 0.25) is 0 Å². The normalized spacial score (nSPS) is 18.4. The van der Waals surface area contributed by atoms with Gasteiger partial charge in [-0.3, -0.25) is 14.4 Å². The van der Waals surface area contributed by atoms with Gasteiger partial charge in [-0.1, -0.05) is 30.3 Å². The number of hydrogen-bond donors (Lipinski definition) is 0. The van der Waals surface area contributed by atoms with Crippen LogP contribution in [0.15, 0.2) is 30.3 Å². The molecule has 2 aliphatic rings. The smallest absolute Gasteiger partial charge is 0.238 e. The van der Waals surface area contributed by atoms with Crippen LogP contribution in [0.1, 0.15) is 32.3 Å². The maximum Gasteiger partial charge on any atom is 0.238 e. The highest BCUT2D eigenvalue weighted by Crippen LogP contribution is 2.49. The van der Waals surface area contributed by atoms with Gasteiger partial charge in [0, 0.05) is 46.2 Å². The Morgan fingerprint density at radius 3 is 2.08 bits per heavy atom. The molecule has 0 bridgehead atoms. The number of amides is 3. The van der Waals surface area contributed by atoms with E-state index in [4.69, 9.17) is 0 Å². The Morgan fingerprint density at radius 1 is 1.00 bits per heavy atom. The predicted octanol–water partition coefficient (Wildman–Crippen LogP) is 1.51. The van der Waals surface area contributed by atoms with Crippen LogP contribution in [-0.2, 0) is 20.9 Å². The molecule has 0 atom stereocenters. The molecule has 2 fully saturated rings. The Hall–Kier alpha value is -2.37. The largest absolute Gasteiger partial charge is 0.339 e.